The lowest BCUT2D eigenvalue weighted by Gasteiger charge is -2.19. The second kappa shape index (κ2) is 10.2. The van der Waals surface area contributed by atoms with Gasteiger partial charge in [-0.05, 0) is 43.7 Å². The zero-order valence-corrected chi connectivity index (χ0v) is 17.3. The maximum Gasteiger partial charge on any atom is 0.290 e. The monoisotopic (exact) mass is 429 g/mol. The summed E-state index contributed by atoms with van der Waals surface area (Å²) >= 11 is 0. The average molecular weight is 429 g/mol. The third-order valence-corrected chi connectivity index (χ3v) is 5.76. The number of hydrogen-bond acceptors (Lipinski definition) is 6. The largest absolute Gasteiger partial charge is 0.483 e. The predicted octanol–water partition coefficient (Wildman–Crippen LogP) is 0.971. The molecular weight excluding hydrogens is 402 g/mol. The van der Waals surface area contributed by atoms with Crippen LogP contribution in [0.15, 0.2) is 34.9 Å². The molecule has 31 heavy (non-hydrogen) atoms. The summed E-state index contributed by atoms with van der Waals surface area (Å²) in [4.78, 5) is 33.4. The van der Waals surface area contributed by atoms with E-state index in [0.29, 0.717) is 18.6 Å². The molecule has 0 saturated heterocycles. The molecular formula is C22H27N3O6. The maximum atomic E-state index is 12.7. The second-order valence-corrected chi connectivity index (χ2v) is 7.98. The van der Waals surface area contributed by atoms with Gasteiger partial charge in [0.25, 0.3) is 6.47 Å². The Morgan fingerprint density at radius 1 is 1.16 bits per heavy atom. The molecule has 1 aromatic carbocycles. The highest BCUT2D eigenvalue weighted by Crippen LogP contribution is 2.29. The summed E-state index contributed by atoms with van der Waals surface area (Å²) < 4.78 is 5.08. The lowest BCUT2D eigenvalue weighted by Crippen LogP contribution is -2.43. The highest BCUT2D eigenvalue weighted by molar-refractivity contribution is 5.82. The summed E-state index contributed by atoms with van der Waals surface area (Å²) in [6.07, 6.45) is 1.53. The first-order valence-electron chi connectivity index (χ1n) is 10.2. The Morgan fingerprint density at radius 3 is 2.39 bits per heavy atom. The van der Waals surface area contributed by atoms with Gasteiger partial charge in [0.1, 0.15) is 0 Å². The van der Waals surface area contributed by atoms with Gasteiger partial charge in [-0.2, -0.15) is 0 Å². The fourth-order valence-corrected chi connectivity index (χ4v) is 4.25. The van der Waals surface area contributed by atoms with Gasteiger partial charge in [0, 0.05) is 17.9 Å². The predicted molar refractivity (Wildman–Crippen MR) is 110 cm³/mol. The Hall–Kier alpha value is -3.20. The third-order valence-electron chi connectivity index (χ3n) is 5.76. The van der Waals surface area contributed by atoms with Crippen LogP contribution in [0.5, 0.6) is 0 Å². The van der Waals surface area contributed by atoms with E-state index in [0.717, 1.165) is 18.5 Å². The minimum absolute atomic E-state index is 0.0431. The summed E-state index contributed by atoms with van der Waals surface area (Å²) in [5, 5.41) is 26.8. The van der Waals surface area contributed by atoms with E-state index in [-0.39, 0.29) is 42.7 Å². The van der Waals surface area contributed by atoms with Crippen molar-refractivity contribution in [3.63, 3.8) is 0 Å². The van der Waals surface area contributed by atoms with E-state index in [1.165, 1.54) is 11.1 Å². The van der Waals surface area contributed by atoms with Crippen molar-refractivity contribution in [1.82, 2.24) is 15.8 Å². The van der Waals surface area contributed by atoms with Crippen molar-refractivity contribution in [1.29, 1.82) is 0 Å². The van der Waals surface area contributed by atoms with Crippen molar-refractivity contribution in [2.75, 3.05) is 0 Å². The maximum absolute atomic E-state index is 12.7. The van der Waals surface area contributed by atoms with E-state index in [4.69, 9.17) is 14.4 Å². The Kier molecular flexibility index (Phi) is 7.41. The van der Waals surface area contributed by atoms with Gasteiger partial charge >= 0.3 is 0 Å². The highest BCUT2D eigenvalue weighted by atomic mass is 16.5. The number of aryl methyl sites for hydroxylation is 1. The van der Waals surface area contributed by atoms with Crippen molar-refractivity contribution in [2.45, 2.75) is 51.3 Å². The number of nitrogens with one attached hydrogen (secondary N) is 2. The molecule has 0 radical (unpaired) electrons. The van der Waals surface area contributed by atoms with Gasteiger partial charge in [-0.3, -0.25) is 14.4 Å². The van der Waals surface area contributed by atoms with Gasteiger partial charge < -0.3 is 25.4 Å². The molecule has 9 nitrogen and oxygen atoms in total. The summed E-state index contributed by atoms with van der Waals surface area (Å²) in [5.41, 5.74) is 3.20. The summed E-state index contributed by atoms with van der Waals surface area (Å²) in [6, 6.07) is 9.48. The number of aliphatic hydroxyl groups excluding tert-OH is 1. The Labute approximate surface area is 179 Å². The first kappa shape index (κ1) is 22.5. The van der Waals surface area contributed by atoms with Gasteiger partial charge in [-0.1, -0.05) is 29.4 Å². The first-order chi connectivity index (χ1) is 14.9. The molecule has 1 heterocycles. The van der Waals surface area contributed by atoms with Crippen LogP contribution in [-0.2, 0) is 33.8 Å². The molecule has 3 atom stereocenters. The van der Waals surface area contributed by atoms with Crippen LogP contribution < -0.4 is 10.6 Å². The second-order valence-electron chi connectivity index (χ2n) is 7.98. The van der Waals surface area contributed by atoms with Gasteiger partial charge in [0.05, 0.1) is 24.4 Å². The van der Waals surface area contributed by atoms with E-state index in [1.54, 1.807) is 6.07 Å². The number of benzene rings is 1. The topological polar surface area (TPSA) is 142 Å². The number of nitrogens with zero attached hydrogens (tertiary/aromatic N) is 1. The van der Waals surface area contributed by atoms with E-state index in [9.17, 15) is 14.7 Å². The SMILES string of the molecule is Cc1cc(CNC(=O)[C@@H]2C[C@@H](O)[C@H](NC(=O)C3Cc4ccccc4C3)C2)on1.O=CO. The summed E-state index contributed by atoms with van der Waals surface area (Å²) in [7, 11) is 0. The van der Waals surface area contributed by atoms with Crippen LogP contribution in [-0.4, -0.2) is 45.8 Å². The molecule has 0 aliphatic heterocycles. The Bertz CT molecular complexity index is 902. The first-order valence-corrected chi connectivity index (χ1v) is 10.2. The number of hydrogen-bond donors (Lipinski definition) is 4. The van der Waals surface area contributed by atoms with Crippen LogP contribution in [0.2, 0.25) is 0 Å². The standard InChI is InChI=1S/C21H25N3O4.CH2O2/c1-12-6-17(28-24-12)11-22-20(26)16-9-18(19(25)10-16)23-21(27)15-7-13-4-2-3-5-14(13)8-15;2-1-3/h2-6,15-16,18-19,25H,7-11H2,1H3,(H,22,26)(H,23,27);1H,(H,2,3)/t16-,18+,19+;/m0./s1. The fraction of sp³-hybridized carbons (Fsp3) is 0.455. The van der Waals surface area contributed by atoms with Crippen LogP contribution in [0, 0.1) is 18.8 Å². The number of aromatic nitrogens is 1. The molecule has 0 unspecified atom stereocenters. The third kappa shape index (κ3) is 5.69. The molecule has 1 fully saturated rings. The molecule has 2 aromatic rings. The highest BCUT2D eigenvalue weighted by Gasteiger charge is 2.39. The van der Waals surface area contributed by atoms with Crippen molar-refractivity contribution >= 4 is 18.3 Å². The zero-order chi connectivity index (χ0) is 22.4. The van der Waals surface area contributed by atoms with Crippen LogP contribution >= 0.6 is 0 Å². The number of carbonyl (C=O) groups is 3. The molecule has 1 saturated carbocycles. The number of aliphatic hydroxyl groups is 1. The molecule has 166 valence electrons. The van der Waals surface area contributed by atoms with E-state index in [2.05, 4.69) is 27.9 Å². The molecule has 4 rings (SSSR count). The lowest BCUT2D eigenvalue weighted by molar-refractivity contribution is -0.127. The number of fused-ring (bicyclic) bond motifs is 1. The van der Waals surface area contributed by atoms with Crippen LogP contribution in [0.4, 0.5) is 0 Å². The fourth-order valence-electron chi connectivity index (χ4n) is 4.25. The minimum Gasteiger partial charge on any atom is -0.483 e. The lowest BCUT2D eigenvalue weighted by atomic mass is 10.0. The van der Waals surface area contributed by atoms with Crippen LogP contribution in [0.3, 0.4) is 0 Å². The quantitative estimate of drug-likeness (QED) is 0.519. The molecule has 2 aliphatic carbocycles. The molecule has 9 heteroatoms. The molecule has 0 bridgehead atoms. The Morgan fingerprint density at radius 2 is 1.81 bits per heavy atom. The molecule has 2 amide bonds. The van der Waals surface area contributed by atoms with Gasteiger partial charge in [0.15, 0.2) is 5.76 Å². The number of carbonyl (C=O) groups excluding carboxylic acids is 2. The molecule has 0 spiro atoms. The van der Waals surface area contributed by atoms with Gasteiger partial charge in [-0.25, -0.2) is 0 Å². The van der Waals surface area contributed by atoms with E-state index in [1.807, 2.05) is 19.1 Å². The minimum atomic E-state index is -0.712. The Balaban J connectivity index is 0.000000858. The molecule has 2 aliphatic rings. The summed E-state index contributed by atoms with van der Waals surface area (Å²) in [5.74, 6) is -0.0242. The van der Waals surface area contributed by atoms with Gasteiger partial charge in [0.2, 0.25) is 11.8 Å². The van der Waals surface area contributed by atoms with Crippen LogP contribution in [0.1, 0.15) is 35.4 Å². The van der Waals surface area contributed by atoms with Crippen molar-refractivity contribution in [3.8, 4) is 0 Å². The van der Waals surface area contributed by atoms with E-state index < -0.39 is 6.10 Å². The number of carboxylic acid groups (broad SMARTS) is 1. The van der Waals surface area contributed by atoms with Crippen molar-refractivity contribution in [3.05, 3.63) is 52.9 Å². The number of amides is 2. The van der Waals surface area contributed by atoms with Crippen LogP contribution in [0.25, 0.3) is 0 Å². The smallest absolute Gasteiger partial charge is 0.290 e. The molecule has 1 aromatic heterocycles. The average Bonchev–Trinajstić information content (AvgIpc) is 3.45. The summed E-state index contributed by atoms with van der Waals surface area (Å²) in [6.45, 7) is 1.84. The zero-order valence-electron chi connectivity index (χ0n) is 17.3. The van der Waals surface area contributed by atoms with E-state index >= 15 is 0 Å². The van der Waals surface area contributed by atoms with Crippen molar-refractivity contribution in [2.24, 2.45) is 11.8 Å². The van der Waals surface area contributed by atoms with Gasteiger partial charge in [-0.15, -0.1) is 0 Å². The van der Waals surface area contributed by atoms with Crippen molar-refractivity contribution < 1.29 is 29.1 Å². The normalized spacial score (nSPS) is 22.2. The molecule has 4 N–H and O–H groups in total. The number of rotatable bonds is 5.